The molecule has 0 bridgehead atoms. The lowest BCUT2D eigenvalue weighted by atomic mass is 9.90. The van der Waals surface area contributed by atoms with Crippen LogP contribution in [0, 0.1) is 0 Å². The molecular weight excluding hydrogens is 266 g/mol. The standard InChI is InChI=1S/C16H17N3O2/c20-15-3-1-2-11-4-5-12(8-14(11)15)19-16(21)7-6-13-9-17-10-18-13/h4-5,8-10H,1-3,6-7H2,(H,17,18)(H,19,21). The molecule has 1 aromatic heterocycles. The molecule has 3 rings (SSSR count). The maximum Gasteiger partial charge on any atom is 0.224 e. The van der Waals surface area contributed by atoms with Crippen molar-refractivity contribution >= 4 is 17.4 Å². The minimum Gasteiger partial charge on any atom is -0.348 e. The van der Waals surface area contributed by atoms with Gasteiger partial charge in [-0.1, -0.05) is 6.07 Å². The van der Waals surface area contributed by atoms with Crippen LogP contribution in [0.25, 0.3) is 0 Å². The molecule has 5 heteroatoms. The van der Waals surface area contributed by atoms with Crippen LogP contribution < -0.4 is 5.32 Å². The average molecular weight is 283 g/mol. The van der Waals surface area contributed by atoms with Gasteiger partial charge in [0, 0.05) is 36.0 Å². The third-order valence-electron chi connectivity index (χ3n) is 3.72. The van der Waals surface area contributed by atoms with Gasteiger partial charge in [0.05, 0.1) is 6.33 Å². The van der Waals surface area contributed by atoms with Crippen LogP contribution in [0.5, 0.6) is 0 Å². The quantitative estimate of drug-likeness (QED) is 0.905. The van der Waals surface area contributed by atoms with Gasteiger partial charge in [-0.3, -0.25) is 9.59 Å². The monoisotopic (exact) mass is 283 g/mol. The van der Waals surface area contributed by atoms with E-state index in [1.165, 1.54) is 0 Å². The predicted octanol–water partition coefficient (Wildman–Crippen LogP) is 2.50. The number of hydrogen-bond donors (Lipinski definition) is 2. The number of imidazole rings is 1. The lowest BCUT2D eigenvalue weighted by molar-refractivity contribution is -0.116. The van der Waals surface area contributed by atoms with Crippen molar-refractivity contribution in [3.63, 3.8) is 0 Å². The summed E-state index contributed by atoms with van der Waals surface area (Å²) < 4.78 is 0. The molecule has 5 nitrogen and oxygen atoms in total. The molecule has 1 aliphatic rings. The largest absolute Gasteiger partial charge is 0.348 e. The number of aromatic amines is 1. The number of H-pyrrole nitrogens is 1. The number of carbonyl (C=O) groups is 2. The Balaban J connectivity index is 1.63. The van der Waals surface area contributed by atoms with Crippen molar-refractivity contribution in [1.29, 1.82) is 0 Å². The van der Waals surface area contributed by atoms with Gasteiger partial charge in [-0.15, -0.1) is 0 Å². The van der Waals surface area contributed by atoms with E-state index in [1.807, 2.05) is 12.1 Å². The Morgan fingerprint density at radius 1 is 1.33 bits per heavy atom. The fourth-order valence-corrected chi connectivity index (χ4v) is 2.60. The zero-order chi connectivity index (χ0) is 14.7. The van der Waals surface area contributed by atoms with Gasteiger partial charge in [0.25, 0.3) is 0 Å². The lowest BCUT2D eigenvalue weighted by Gasteiger charge is -2.15. The summed E-state index contributed by atoms with van der Waals surface area (Å²) in [5.41, 5.74) is 3.47. The van der Waals surface area contributed by atoms with Crippen LogP contribution in [0.3, 0.4) is 0 Å². The molecule has 1 aliphatic carbocycles. The number of amides is 1. The smallest absolute Gasteiger partial charge is 0.224 e. The number of aryl methyl sites for hydroxylation is 2. The predicted molar refractivity (Wildman–Crippen MR) is 79.2 cm³/mol. The maximum absolute atomic E-state index is 11.9. The average Bonchev–Trinajstić information content (AvgIpc) is 2.99. The molecule has 1 aromatic carbocycles. The number of fused-ring (bicyclic) bond motifs is 1. The normalized spacial score (nSPS) is 13.8. The summed E-state index contributed by atoms with van der Waals surface area (Å²) in [7, 11) is 0. The van der Waals surface area contributed by atoms with Crippen LogP contribution in [0.2, 0.25) is 0 Å². The van der Waals surface area contributed by atoms with Crippen molar-refractivity contribution in [2.24, 2.45) is 0 Å². The minimum absolute atomic E-state index is 0.0622. The molecule has 21 heavy (non-hydrogen) atoms. The molecule has 0 unspecified atom stereocenters. The van der Waals surface area contributed by atoms with Gasteiger partial charge in [0.15, 0.2) is 5.78 Å². The Hall–Kier alpha value is -2.43. The van der Waals surface area contributed by atoms with Crippen LogP contribution >= 0.6 is 0 Å². The molecular formula is C16H17N3O2. The number of benzene rings is 1. The zero-order valence-electron chi connectivity index (χ0n) is 11.7. The Morgan fingerprint density at radius 2 is 2.24 bits per heavy atom. The van der Waals surface area contributed by atoms with E-state index in [0.717, 1.165) is 29.7 Å². The fourth-order valence-electron chi connectivity index (χ4n) is 2.60. The number of rotatable bonds is 4. The number of Topliss-reactive ketones (excluding diaryl/α,β-unsaturated/α-hetero) is 1. The van der Waals surface area contributed by atoms with Crippen LogP contribution in [0.15, 0.2) is 30.7 Å². The van der Waals surface area contributed by atoms with E-state index < -0.39 is 0 Å². The summed E-state index contributed by atoms with van der Waals surface area (Å²) >= 11 is 0. The molecule has 0 radical (unpaired) electrons. The van der Waals surface area contributed by atoms with E-state index in [2.05, 4.69) is 15.3 Å². The second-order valence-corrected chi connectivity index (χ2v) is 5.27. The number of nitrogens with one attached hydrogen (secondary N) is 2. The molecule has 0 aliphatic heterocycles. The minimum atomic E-state index is -0.0622. The molecule has 0 saturated heterocycles. The summed E-state index contributed by atoms with van der Waals surface area (Å²) in [5.74, 6) is 0.109. The van der Waals surface area contributed by atoms with Crippen molar-refractivity contribution in [1.82, 2.24) is 9.97 Å². The Labute approximate surface area is 122 Å². The Morgan fingerprint density at radius 3 is 3.05 bits per heavy atom. The van der Waals surface area contributed by atoms with Crippen LogP contribution in [-0.4, -0.2) is 21.7 Å². The molecule has 0 fully saturated rings. The van der Waals surface area contributed by atoms with Crippen LogP contribution in [0.1, 0.15) is 40.9 Å². The van der Waals surface area contributed by atoms with Crippen LogP contribution in [-0.2, 0) is 17.6 Å². The number of hydrogen-bond acceptors (Lipinski definition) is 3. The molecule has 0 atom stereocenters. The van der Waals surface area contributed by atoms with Crippen LogP contribution in [0.4, 0.5) is 5.69 Å². The van der Waals surface area contributed by atoms with Crippen molar-refractivity contribution < 1.29 is 9.59 Å². The third kappa shape index (κ3) is 3.18. The highest BCUT2D eigenvalue weighted by atomic mass is 16.1. The molecule has 1 heterocycles. The van der Waals surface area contributed by atoms with E-state index in [1.54, 1.807) is 18.6 Å². The number of ketones is 1. The molecule has 1 amide bonds. The topological polar surface area (TPSA) is 74.8 Å². The summed E-state index contributed by atoms with van der Waals surface area (Å²) in [6.45, 7) is 0. The SMILES string of the molecule is O=C(CCc1cnc[nH]1)Nc1ccc2c(c1)C(=O)CCC2. The lowest BCUT2D eigenvalue weighted by Crippen LogP contribution is -2.15. The number of nitrogens with zero attached hydrogens (tertiary/aromatic N) is 1. The third-order valence-corrected chi connectivity index (χ3v) is 3.72. The second kappa shape index (κ2) is 5.91. The first kappa shape index (κ1) is 13.5. The van der Waals surface area contributed by atoms with Gasteiger partial charge in [-0.2, -0.15) is 0 Å². The number of anilines is 1. The van der Waals surface area contributed by atoms with Gasteiger partial charge >= 0.3 is 0 Å². The second-order valence-electron chi connectivity index (χ2n) is 5.27. The molecule has 0 spiro atoms. The summed E-state index contributed by atoms with van der Waals surface area (Å²) in [4.78, 5) is 30.7. The number of carbonyl (C=O) groups excluding carboxylic acids is 2. The van der Waals surface area contributed by atoms with E-state index in [0.29, 0.717) is 24.9 Å². The highest BCUT2D eigenvalue weighted by Gasteiger charge is 2.17. The molecule has 108 valence electrons. The summed E-state index contributed by atoms with van der Waals surface area (Å²) in [5, 5.41) is 2.85. The highest BCUT2D eigenvalue weighted by Crippen LogP contribution is 2.24. The van der Waals surface area contributed by atoms with Gasteiger partial charge in [-0.25, -0.2) is 4.98 Å². The van der Waals surface area contributed by atoms with Crippen molar-refractivity contribution in [2.45, 2.75) is 32.1 Å². The summed E-state index contributed by atoms with van der Waals surface area (Å²) in [6.07, 6.45) is 6.77. The number of aromatic nitrogens is 2. The molecule has 2 N–H and O–H groups in total. The van der Waals surface area contributed by atoms with Gasteiger partial charge in [0.1, 0.15) is 0 Å². The maximum atomic E-state index is 11.9. The zero-order valence-corrected chi connectivity index (χ0v) is 11.7. The fraction of sp³-hybridized carbons (Fsp3) is 0.312. The molecule has 0 saturated carbocycles. The van der Waals surface area contributed by atoms with Gasteiger partial charge in [0.2, 0.25) is 5.91 Å². The Kier molecular flexibility index (Phi) is 3.81. The van der Waals surface area contributed by atoms with Crippen molar-refractivity contribution in [3.05, 3.63) is 47.5 Å². The Bertz CT molecular complexity index is 662. The van der Waals surface area contributed by atoms with Gasteiger partial charge < -0.3 is 10.3 Å². The first-order chi connectivity index (χ1) is 10.2. The van der Waals surface area contributed by atoms with Crippen molar-refractivity contribution in [2.75, 3.05) is 5.32 Å². The molecule has 2 aromatic rings. The first-order valence-electron chi connectivity index (χ1n) is 7.15. The van der Waals surface area contributed by atoms with E-state index in [-0.39, 0.29) is 11.7 Å². The van der Waals surface area contributed by atoms with E-state index >= 15 is 0 Å². The van der Waals surface area contributed by atoms with E-state index in [9.17, 15) is 9.59 Å². The first-order valence-corrected chi connectivity index (χ1v) is 7.15. The van der Waals surface area contributed by atoms with E-state index in [4.69, 9.17) is 0 Å². The summed E-state index contributed by atoms with van der Waals surface area (Å²) in [6, 6.07) is 5.60. The van der Waals surface area contributed by atoms with Gasteiger partial charge in [-0.05, 0) is 37.0 Å². The highest BCUT2D eigenvalue weighted by molar-refractivity contribution is 6.00. The van der Waals surface area contributed by atoms with Crippen molar-refractivity contribution in [3.8, 4) is 0 Å².